The molecule has 0 aromatic heterocycles. The molecule has 0 atom stereocenters. The quantitative estimate of drug-likeness (QED) is 0.845. The number of hydrogen-bond acceptors (Lipinski definition) is 2. The monoisotopic (exact) mass is 219 g/mol. The van der Waals surface area contributed by atoms with Crippen LogP contribution in [0.5, 0.6) is 0 Å². The maximum absolute atomic E-state index is 13.1. The van der Waals surface area contributed by atoms with E-state index in [0.717, 1.165) is 0 Å². The average Bonchev–Trinajstić information content (AvgIpc) is 2.22. The summed E-state index contributed by atoms with van der Waals surface area (Å²) in [5, 5.41) is 16.9. The molecule has 1 aromatic rings. The highest BCUT2D eigenvalue weighted by atomic mass is 19.1. The predicted molar refractivity (Wildman–Crippen MR) is 57.0 cm³/mol. The zero-order chi connectivity index (χ0) is 12.0. The van der Waals surface area contributed by atoms with Crippen molar-refractivity contribution in [1.82, 2.24) is 0 Å². The van der Waals surface area contributed by atoms with Gasteiger partial charge in [0.1, 0.15) is 5.82 Å². The molecule has 16 heavy (non-hydrogen) atoms. The van der Waals surface area contributed by atoms with E-state index in [1.54, 1.807) is 6.08 Å². The van der Waals surface area contributed by atoms with Crippen molar-refractivity contribution in [1.29, 1.82) is 5.26 Å². The molecule has 0 heterocycles. The van der Waals surface area contributed by atoms with Crippen molar-refractivity contribution in [2.24, 2.45) is 0 Å². The van der Waals surface area contributed by atoms with Crippen LogP contribution < -0.4 is 0 Å². The second kappa shape index (κ2) is 5.66. The summed E-state index contributed by atoms with van der Waals surface area (Å²) in [7, 11) is 0. The molecule has 0 aliphatic heterocycles. The van der Waals surface area contributed by atoms with Crippen molar-refractivity contribution in [3.8, 4) is 6.07 Å². The molecule has 0 fully saturated rings. The molecule has 0 aliphatic rings. The molecular weight excluding hydrogens is 209 g/mol. The van der Waals surface area contributed by atoms with E-state index in [0.29, 0.717) is 11.1 Å². The van der Waals surface area contributed by atoms with Crippen molar-refractivity contribution in [2.45, 2.75) is 12.8 Å². The number of nitrogens with zero attached hydrogens (tertiary/aromatic N) is 1. The first-order valence-corrected chi connectivity index (χ1v) is 4.67. The van der Waals surface area contributed by atoms with Crippen molar-refractivity contribution in [3.05, 3.63) is 41.2 Å². The fraction of sp³-hybridized carbons (Fsp3) is 0.167. The Morgan fingerprint density at radius 1 is 1.56 bits per heavy atom. The van der Waals surface area contributed by atoms with Crippen LogP contribution in [0.4, 0.5) is 4.39 Å². The van der Waals surface area contributed by atoms with E-state index in [1.165, 1.54) is 24.3 Å². The van der Waals surface area contributed by atoms with Gasteiger partial charge in [-0.05, 0) is 17.7 Å². The van der Waals surface area contributed by atoms with Gasteiger partial charge in [0, 0.05) is 5.56 Å². The highest BCUT2D eigenvalue weighted by Gasteiger charge is 2.01. The van der Waals surface area contributed by atoms with Gasteiger partial charge in [-0.2, -0.15) is 5.26 Å². The smallest absolute Gasteiger partial charge is 0.307 e. The molecule has 0 amide bonds. The molecule has 4 heteroatoms. The lowest BCUT2D eigenvalue weighted by atomic mass is 10.1. The third kappa shape index (κ3) is 3.54. The average molecular weight is 219 g/mol. The SMILES string of the molecule is N#CCc1cc(C=CCC(=O)O)ccc1F. The fourth-order valence-electron chi connectivity index (χ4n) is 1.21. The molecular formula is C12H10FNO2. The maximum atomic E-state index is 13.1. The van der Waals surface area contributed by atoms with Crippen LogP contribution in [-0.4, -0.2) is 11.1 Å². The van der Waals surface area contributed by atoms with Gasteiger partial charge >= 0.3 is 5.97 Å². The Morgan fingerprint density at radius 2 is 2.31 bits per heavy atom. The van der Waals surface area contributed by atoms with E-state index in [4.69, 9.17) is 10.4 Å². The van der Waals surface area contributed by atoms with Crippen LogP contribution in [-0.2, 0) is 11.2 Å². The first-order valence-electron chi connectivity index (χ1n) is 4.67. The molecule has 1 aromatic carbocycles. The van der Waals surface area contributed by atoms with Gasteiger partial charge in [-0.1, -0.05) is 18.2 Å². The summed E-state index contributed by atoms with van der Waals surface area (Å²) >= 11 is 0. The number of carboxylic acid groups (broad SMARTS) is 1. The summed E-state index contributed by atoms with van der Waals surface area (Å²) in [6, 6.07) is 6.21. The maximum Gasteiger partial charge on any atom is 0.307 e. The highest BCUT2D eigenvalue weighted by Crippen LogP contribution is 2.12. The Kier molecular flexibility index (Phi) is 4.22. The highest BCUT2D eigenvalue weighted by molar-refractivity contribution is 5.70. The molecule has 1 rings (SSSR count). The molecule has 0 unspecified atom stereocenters. The number of hydrogen-bond donors (Lipinski definition) is 1. The zero-order valence-electron chi connectivity index (χ0n) is 8.48. The van der Waals surface area contributed by atoms with Crippen LogP contribution in [0.3, 0.4) is 0 Å². The van der Waals surface area contributed by atoms with Gasteiger partial charge in [0.15, 0.2) is 0 Å². The van der Waals surface area contributed by atoms with Gasteiger partial charge in [0.2, 0.25) is 0 Å². The predicted octanol–water partition coefficient (Wildman–Crippen LogP) is 2.38. The van der Waals surface area contributed by atoms with E-state index in [9.17, 15) is 9.18 Å². The topological polar surface area (TPSA) is 61.1 Å². The van der Waals surface area contributed by atoms with Crippen LogP contribution in [0, 0.1) is 17.1 Å². The lowest BCUT2D eigenvalue weighted by molar-refractivity contribution is -0.135. The van der Waals surface area contributed by atoms with Crippen LogP contribution in [0.2, 0.25) is 0 Å². The Bertz CT molecular complexity index is 461. The molecule has 0 radical (unpaired) electrons. The van der Waals surface area contributed by atoms with Crippen molar-refractivity contribution in [3.63, 3.8) is 0 Å². The van der Waals surface area contributed by atoms with Crippen molar-refractivity contribution >= 4 is 12.0 Å². The molecule has 0 bridgehead atoms. The second-order valence-electron chi connectivity index (χ2n) is 3.19. The number of aliphatic carboxylic acids is 1. The molecule has 0 saturated heterocycles. The van der Waals surface area contributed by atoms with Gasteiger partial charge in [0.25, 0.3) is 0 Å². The van der Waals surface area contributed by atoms with Crippen LogP contribution in [0.1, 0.15) is 17.5 Å². The summed E-state index contributed by atoms with van der Waals surface area (Å²) in [6.07, 6.45) is 3.00. The summed E-state index contributed by atoms with van der Waals surface area (Å²) in [4.78, 5) is 10.3. The number of nitriles is 1. The third-order valence-electron chi connectivity index (χ3n) is 1.94. The number of rotatable bonds is 4. The Labute approximate surface area is 92.4 Å². The number of halogens is 1. The summed E-state index contributed by atoms with van der Waals surface area (Å²) in [5.41, 5.74) is 1.01. The van der Waals surface area contributed by atoms with Crippen LogP contribution in [0.25, 0.3) is 6.08 Å². The summed E-state index contributed by atoms with van der Waals surface area (Å²) in [6.45, 7) is 0. The van der Waals surface area contributed by atoms with Crippen molar-refractivity contribution < 1.29 is 14.3 Å². The summed E-state index contributed by atoms with van der Waals surface area (Å²) in [5.74, 6) is -1.34. The molecule has 3 nitrogen and oxygen atoms in total. The molecule has 0 aliphatic carbocycles. The Morgan fingerprint density at radius 3 is 2.94 bits per heavy atom. The van der Waals surface area contributed by atoms with E-state index in [-0.39, 0.29) is 12.8 Å². The molecule has 82 valence electrons. The molecule has 0 saturated carbocycles. The van der Waals surface area contributed by atoms with Gasteiger partial charge in [-0.15, -0.1) is 0 Å². The lowest BCUT2D eigenvalue weighted by Gasteiger charge is -1.99. The third-order valence-corrected chi connectivity index (χ3v) is 1.94. The van der Waals surface area contributed by atoms with E-state index in [2.05, 4.69) is 0 Å². The first kappa shape index (κ1) is 11.9. The van der Waals surface area contributed by atoms with Gasteiger partial charge in [-0.3, -0.25) is 4.79 Å². The van der Waals surface area contributed by atoms with E-state index in [1.807, 2.05) is 6.07 Å². The van der Waals surface area contributed by atoms with Crippen LogP contribution >= 0.6 is 0 Å². The zero-order valence-corrected chi connectivity index (χ0v) is 8.48. The minimum Gasteiger partial charge on any atom is -0.481 e. The Balaban J connectivity index is 2.83. The van der Waals surface area contributed by atoms with E-state index >= 15 is 0 Å². The minimum atomic E-state index is -0.921. The van der Waals surface area contributed by atoms with Crippen LogP contribution in [0.15, 0.2) is 24.3 Å². The van der Waals surface area contributed by atoms with Gasteiger partial charge < -0.3 is 5.11 Å². The second-order valence-corrected chi connectivity index (χ2v) is 3.19. The first-order chi connectivity index (χ1) is 7.63. The molecule has 0 spiro atoms. The van der Waals surface area contributed by atoms with Gasteiger partial charge in [-0.25, -0.2) is 4.39 Å². The standard InChI is InChI=1S/C12H10FNO2/c13-11-5-4-9(2-1-3-12(15)16)8-10(11)6-7-14/h1-2,4-5,8H,3,6H2,(H,15,16). The molecule has 1 N–H and O–H groups in total. The largest absolute Gasteiger partial charge is 0.481 e. The van der Waals surface area contributed by atoms with Crippen molar-refractivity contribution in [2.75, 3.05) is 0 Å². The van der Waals surface area contributed by atoms with Gasteiger partial charge in [0.05, 0.1) is 18.9 Å². The minimum absolute atomic E-state index is 0.00639. The van der Waals surface area contributed by atoms with E-state index < -0.39 is 11.8 Å². The number of carbonyl (C=O) groups is 1. The lowest BCUT2D eigenvalue weighted by Crippen LogP contribution is -1.91. The number of carboxylic acids is 1. The Hall–Kier alpha value is -2.15. The summed E-state index contributed by atoms with van der Waals surface area (Å²) < 4.78 is 13.1. The normalized spacial score (nSPS) is 10.2. The fourth-order valence-corrected chi connectivity index (χ4v) is 1.21. The number of benzene rings is 1.